The van der Waals surface area contributed by atoms with E-state index in [4.69, 9.17) is 0 Å². The summed E-state index contributed by atoms with van der Waals surface area (Å²) in [6, 6.07) is 8.90. The zero-order chi connectivity index (χ0) is 12.3. The molecule has 0 atom stereocenters. The van der Waals surface area contributed by atoms with Crippen LogP contribution in [0.2, 0.25) is 0 Å². The van der Waals surface area contributed by atoms with Gasteiger partial charge in [-0.15, -0.1) is 10.2 Å². The van der Waals surface area contributed by atoms with Crippen LogP contribution in [0, 0.1) is 17.5 Å². The summed E-state index contributed by atoms with van der Waals surface area (Å²) in [7, 11) is 0. The lowest BCUT2D eigenvalue weighted by Crippen LogP contribution is -1.80. The molecule has 2 rings (SSSR count). The minimum absolute atomic E-state index is 0.0739. The molecule has 0 unspecified atom stereocenters. The van der Waals surface area contributed by atoms with E-state index in [0.717, 1.165) is 12.1 Å². The van der Waals surface area contributed by atoms with E-state index in [-0.39, 0.29) is 5.69 Å². The molecule has 0 saturated heterocycles. The van der Waals surface area contributed by atoms with Crippen LogP contribution in [0.15, 0.2) is 52.7 Å². The Morgan fingerprint density at radius 3 is 1.88 bits per heavy atom. The second kappa shape index (κ2) is 4.78. The van der Waals surface area contributed by atoms with Gasteiger partial charge in [0.1, 0.15) is 5.69 Å². The summed E-state index contributed by atoms with van der Waals surface area (Å²) < 4.78 is 39.5. The van der Waals surface area contributed by atoms with E-state index in [1.54, 1.807) is 6.07 Å². The summed E-state index contributed by atoms with van der Waals surface area (Å²) in [5, 5.41) is 6.84. The molecule has 0 radical (unpaired) electrons. The average Bonchev–Trinajstić information content (AvgIpc) is 2.30. The van der Waals surface area contributed by atoms with Crippen LogP contribution in [-0.4, -0.2) is 0 Å². The quantitative estimate of drug-likeness (QED) is 0.685. The number of azo groups is 1. The zero-order valence-corrected chi connectivity index (χ0v) is 8.57. The van der Waals surface area contributed by atoms with Crippen LogP contribution >= 0.6 is 0 Å². The predicted molar refractivity (Wildman–Crippen MR) is 56.9 cm³/mol. The van der Waals surface area contributed by atoms with Gasteiger partial charge in [-0.2, -0.15) is 0 Å². The van der Waals surface area contributed by atoms with Crippen LogP contribution in [-0.2, 0) is 0 Å². The molecule has 86 valence electrons. The fraction of sp³-hybridized carbons (Fsp3) is 0. The lowest BCUT2D eigenvalue weighted by Gasteiger charge is -1.97. The van der Waals surface area contributed by atoms with Crippen LogP contribution < -0.4 is 0 Å². The first kappa shape index (κ1) is 11.3. The Balaban J connectivity index is 2.36. The second-order valence-electron chi connectivity index (χ2n) is 3.22. The molecule has 2 aromatic rings. The molecule has 5 heteroatoms. The molecule has 0 bridgehead atoms. The van der Waals surface area contributed by atoms with E-state index in [0.29, 0.717) is 0 Å². The van der Waals surface area contributed by atoms with Crippen LogP contribution in [0.1, 0.15) is 0 Å². The van der Waals surface area contributed by atoms with Crippen molar-refractivity contribution in [3.63, 3.8) is 0 Å². The highest BCUT2D eigenvalue weighted by Gasteiger charge is 2.07. The summed E-state index contributed by atoms with van der Waals surface area (Å²) in [6.07, 6.45) is 0. The van der Waals surface area contributed by atoms with E-state index < -0.39 is 23.1 Å². The van der Waals surface area contributed by atoms with Crippen LogP contribution in [0.4, 0.5) is 24.5 Å². The van der Waals surface area contributed by atoms with Gasteiger partial charge in [-0.05, 0) is 24.3 Å². The first-order valence-corrected chi connectivity index (χ1v) is 4.79. The SMILES string of the molecule is Fc1ccccc1/N=N/c1c(F)cccc1F. The van der Waals surface area contributed by atoms with Crippen molar-refractivity contribution in [3.8, 4) is 0 Å². The normalized spacial score (nSPS) is 11.0. The molecule has 0 spiro atoms. The molecule has 0 heterocycles. The lowest BCUT2D eigenvalue weighted by molar-refractivity contribution is 0.584. The number of nitrogens with zero attached hydrogens (tertiary/aromatic N) is 2. The van der Waals surface area contributed by atoms with Gasteiger partial charge < -0.3 is 0 Å². The van der Waals surface area contributed by atoms with E-state index in [1.165, 1.54) is 24.3 Å². The Kier molecular flexibility index (Phi) is 3.18. The van der Waals surface area contributed by atoms with Crippen molar-refractivity contribution >= 4 is 11.4 Å². The molecule has 0 aliphatic rings. The minimum Gasteiger partial charge on any atom is -0.205 e. The van der Waals surface area contributed by atoms with Gasteiger partial charge in [-0.25, -0.2) is 13.2 Å². The van der Waals surface area contributed by atoms with Gasteiger partial charge in [-0.1, -0.05) is 18.2 Å². The third-order valence-corrected chi connectivity index (χ3v) is 2.05. The van der Waals surface area contributed by atoms with Gasteiger partial charge in [0.2, 0.25) is 0 Å². The Labute approximate surface area is 95.4 Å². The summed E-state index contributed by atoms with van der Waals surface area (Å²) in [6.45, 7) is 0. The van der Waals surface area contributed by atoms with Crippen molar-refractivity contribution in [2.45, 2.75) is 0 Å². The van der Waals surface area contributed by atoms with Gasteiger partial charge in [-0.3, -0.25) is 0 Å². The Morgan fingerprint density at radius 1 is 0.647 bits per heavy atom. The van der Waals surface area contributed by atoms with E-state index in [1.807, 2.05) is 0 Å². The third kappa shape index (κ3) is 2.50. The molecule has 0 amide bonds. The zero-order valence-electron chi connectivity index (χ0n) is 8.57. The standard InChI is InChI=1S/C12H7F3N2/c13-8-4-1-2-7-11(8)16-17-12-9(14)5-3-6-10(12)15/h1-7H/b17-16+. The van der Waals surface area contributed by atoms with Gasteiger partial charge in [0.05, 0.1) is 0 Å². The first-order valence-electron chi connectivity index (χ1n) is 4.79. The largest absolute Gasteiger partial charge is 0.205 e. The van der Waals surface area contributed by atoms with E-state index in [2.05, 4.69) is 10.2 Å². The number of benzene rings is 2. The molecule has 0 saturated carbocycles. The summed E-state index contributed by atoms with van der Waals surface area (Å²) in [5.41, 5.74) is -0.606. The predicted octanol–water partition coefficient (Wildman–Crippen LogP) is 4.52. The molecular formula is C12H7F3N2. The summed E-state index contributed by atoms with van der Waals surface area (Å²) in [4.78, 5) is 0. The fourth-order valence-corrected chi connectivity index (χ4v) is 1.22. The number of rotatable bonds is 2. The van der Waals surface area contributed by atoms with Crippen molar-refractivity contribution in [2.24, 2.45) is 10.2 Å². The van der Waals surface area contributed by atoms with Crippen molar-refractivity contribution in [1.82, 2.24) is 0 Å². The van der Waals surface area contributed by atoms with E-state index >= 15 is 0 Å². The molecule has 0 aromatic heterocycles. The highest BCUT2D eigenvalue weighted by molar-refractivity contribution is 5.42. The van der Waals surface area contributed by atoms with Crippen LogP contribution in [0.5, 0.6) is 0 Å². The minimum atomic E-state index is -0.843. The molecular weight excluding hydrogens is 229 g/mol. The number of hydrogen-bond acceptors (Lipinski definition) is 2. The smallest absolute Gasteiger partial charge is 0.157 e. The van der Waals surface area contributed by atoms with Crippen molar-refractivity contribution < 1.29 is 13.2 Å². The monoisotopic (exact) mass is 236 g/mol. The van der Waals surface area contributed by atoms with Gasteiger partial charge in [0.15, 0.2) is 23.1 Å². The highest BCUT2D eigenvalue weighted by atomic mass is 19.1. The topological polar surface area (TPSA) is 24.7 Å². The molecule has 0 fully saturated rings. The maximum atomic E-state index is 13.2. The molecule has 2 aromatic carbocycles. The molecule has 17 heavy (non-hydrogen) atoms. The van der Waals surface area contributed by atoms with Gasteiger partial charge >= 0.3 is 0 Å². The summed E-state index contributed by atoms with van der Waals surface area (Å²) >= 11 is 0. The van der Waals surface area contributed by atoms with Crippen LogP contribution in [0.25, 0.3) is 0 Å². The third-order valence-electron chi connectivity index (χ3n) is 2.05. The maximum Gasteiger partial charge on any atom is 0.157 e. The van der Waals surface area contributed by atoms with Gasteiger partial charge in [0.25, 0.3) is 0 Å². The highest BCUT2D eigenvalue weighted by Crippen LogP contribution is 2.25. The molecule has 2 nitrogen and oxygen atoms in total. The Bertz CT molecular complexity index is 547. The van der Waals surface area contributed by atoms with Crippen molar-refractivity contribution in [3.05, 3.63) is 59.9 Å². The second-order valence-corrected chi connectivity index (χ2v) is 3.22. The molecule has 0 aliphatic heterocycles. The number of hydrogen-bond donors (Lipinski definition) is 0. The Morgan fingerprint density at radius 2 is 1.24 bits per heavy atom. The maximum absolute atomic E-state index is 13.2. The fourth-order valence-electron chi connectivity index (χ4n) is 1.22. The van der Waals surface area contributed by atoms with Crippen molar-refractivity contribution in [1.29, 1.82) is 0 Å². The average molecular weight is 236 g/mol. The van der Waals surface area contributed by atoms with E-state index in [9.17, 15) is 13.2 Å². The lowest BCUT2D eigenvalue weighted by atomic mass is 10.3. The number of halogens is 3. The molecule has 0 N–H and O–H groups in total. The Hall–Kier alpha value is -2.17. The van der Waals surface area contributed by atoms with Crippen molar-refractivity contribution in [2.75, 3.05) is 0 Å². The van der Waals surface area contributed by atoms with Crippen LogP contribution in [0.3, 0.4) is 0 Å². The van der Waals surface area contributed by atoms with Gasteiger partial charge in [0, 0.05) is 0 Å². The first-order chi connectivity index (χ1) is 8.18. The summed E-state index contributed by atoms with van der Waals surface area (Å²) in [5.74, 6) is -2.29. The molecule has 0 aliphatic carbocycles.